The highest BCUT2D eigenvalue weighted by Crippen LogP contribution is 2.17. The van der Waals surface area contributed by atoms with Crippen LogP contribution in [0, 0.1) is 0 Å². The molecule has 1 aliphatic rings. The molecule has 1 aliphatic heterocycles. The second kappa shape index (κ2) is 6.33. The topological polar surface area (TPSA) is 21.3 Å². The number of likely N-dealkylation sites (N-methyl/N-ethyl adjacent to an activating group) is 1. The van der Waals surface area contributed by atoms with Crippen LogP contribution in [0.5, 0.6) is 0 Å². The largest absolute Gasteiger partial charge is 0.496 e. The van der Waals surface area contributed by atoms with E-state index in [0.29, 0.717) is 6.04 Å². The Hall–Kier alpha value is -0.150. The molecule has 0 saturated carbocycles. The van der Waals surface area contributed by atoms with E-state index in [1.54, 1.807) is 0 Å². The first-order valence-electron chi connectivity index (χ1n) is 4.96. The molecule has 2 nitrogen and oxygen atoms in total. The van der Waals surface area contributed by atoms with Gasteiger partial charge in [0.2, 0.25) is 0 Å². The third kappa shape index (κ3) is 3.61. The van der Waals surface area contributed by atoms with Crippen LogP contribution in [0.1, 0.15) is 19.8 Å². The molecule has 0 saturated heterocycles. The fourth-order valence-corrected chi connectivity index (χ4v) is 2.35. The normalized spacial score (nSPS) is 18.2. The predicted molar refractivity (Wildman–Crippen MR) is 59.1 cm³/mol. The van der Waals surface area contributed by atoms with Gasteiger partial charge in [0.15, 0.2) is 0 Å². The fourth-order valence-electron chi connectivity index (χ4n) is 1.33. The molecule has 3 heteroatoms. The molecule has 0 aromatic rings. The maximum Gasteiger partial charge on any atom is 0.110 e. The minimum Gasteiger partial charge on any atom is -0.496 e. The highest BCUT2D eigenvalue weighted by molar-refractivity contribution is 7.99. The molecule has 0 aromatic carbocycles. The van der Waals surface area contributed by atoms with E-state index in [1.165, 1.54) is 12.2 Å². The van der Waals surface area contributed by atoms with Gasteiger partial charge < -0.3 is 10.1 Å². The van der Waals surface area contributed by atoms with E-state index in [2.05, 4.69) is 18.3 Å². The molecule has 0 spiro atoms. The molecule has 1 rings (SSSR count). The monoisotopic (exact) mass is 201 g/mol. The van der Waals surface area contributed by atoms with E-state index in [0.717, 1.165) is 24.5 Å². The Balaban J connectivity index is 2.25. The van der Waals surface area contributed by atoms with E-state index < -0.39 is 0 Å². The number of rotatable bonds is 6. The zero-order valence-electron chi connectivity index (χ0n) is 8.51. The summed E-state index contributed by atoms with van der Waals surface area (Å²) < 4.78 is 5.52. The third-order valence-electron chi connectivity index (χ3n) is 2.06. The minimum atomic E-state index is 0.416. The van der Waals surface area contributed by atoms with E-state index in [1.807, 2.05) is 18.8 Å². The van der Waals surface area contributed by atoms with Crippen LogP contribution in [-0.2, 0) is 4.74 Å². The predicted octanol–water partition coefficient (Wildman–Crippen LogP) is 2.02. The SMILES string of the molecule is CCCSCC(NC)C1=CCCO1. The molecule has 76 valence electrons. The molecular formula is C10H19NOS. The summed E-state index contributed by atoms with van der Waals surface area (Å²) in [5.74, 6) is 3.51. The number of ether oxygens (including phenoxy) is 1. The van der Waals surface area contributed by atoms with Crippen LogP contribution in [0.15, 0.2) is 11.8 Å². The molecule has 0 radical (unpaired) electrons. The molecular weight excluding hydrogens is 182 g/mol. The number of nitrogens with one attached hydrogen (secondary N) is 1. The summed E-state index contributed by atoms with van der Waals surface area (Å²) in [4.78, 5) is 0. The van der Waals surface area contributed by atoms with Gasteiger partial charge in [0.25, 0.3) is 0 Å². The van der Waals surface area contributed by atoms with E-state index in [-0.39, 0.29) is 0 Å². The van der Waals surface area contributed by atoms with E-state index in [4.69, 9.17) is 4.74 Å². The maximum atomic E-state index is 5.52. The van der Waals surface area contributed by atoms with Crippen LogP contribution in [0.3, 0.4) is 0 Å². The second-order valence-corrected chi connectivity index (χ2v) is 4.31. The Morgan fingerprint density at radius 3 is 3.08 bits per heavy atom. The summed E-state index contributed by atoms with van der Waals surface area (Å²) in [5.41, 5.74) is 0. The van der Waals surface area contributed by atoms with Gasteiger partial charge in [0, 0.05) is 12.2 Å². The highest BCUT2D eigenvalue weighted by Gasteiger charge is 2.16. The van der Waals surface area contributed by atoms with Gasteiger partial charge in [-0.05, 0) is 25.3 Å². The van der Waals surface area contributed by atoms with Gasteiger partial charge in [-0.3, -0.25) is 0 Å². The van der Waals surface area contributed by atoms with Crippen molar-refractivity contribution in [2.24, 2.45) is 0 Å². The average molecular weight is 201 g/mol. The molecule has 0 aliphatic carbocycles. The van der Waals surface area contributed by atoms with Crippen molar-refractivity contribution in [3.8, 4) is 0 Å². The van der Waals surface area contributed by atoms with Crippen molar-refractivity contribution in [2.45, 2.75) is 25.8 Å². The lowest BCUT2D eigenvalue weighted by molar-refractivity contribution is 0.222. The number of hydrogen-bond donors (Lipinski definition) is 1. The van der Waals surface area contributed by atoms with Gasteiger partial charge in [0.1, 0.15) is 5.76 Å². The van der Waals surface area contributed by atoms with Crippen molar-refractivity contribution in [2.75, 3.05) is 25.2 Å². The fraction of sp³-hybridized carbons (Fsp3) is 0.800. The summed E-state index contributed by atoms with van der Waals surface area (Å²) in [6, 6.07) is 0.416. The first-order valence-corrected chi connectivity index (χ1v) is 6.11. The van der Waals surface area contributed by atoms with Crippen LogP contribution in [0.25, 0.3) is 0 Å². The van der Waals surface area contributed by atoms with Gasteiger partial charge >= 0.3 is 0 Å². The van der Waals surface area contributed by atoms with Crippen molar-refractivity contribution in [3.63, 3.8) is 0 Å². The Labute approximate surface area is 85.1 Å². The van der Waals surface area contributed by atoms with Crippen molar-refractivity contribution in [1.82, 2.24) is 5.32 Å². The van der Waals surface area contributed by atoms with Gasteiger partial charge in [-0.2, -0.15) is 11.8 Å². The van der Waals surface area contributed by atoms with Crippen molar-refractivity contribution in [1.29, 1.82) is 0 Å². The summed E-state index contributed by atoms with van der Waals surface area (Å²) in [5, 5.41) is 3.29. The maximum absolute atomic E-state index is 5.52. The van der Waals surface area contributed by atoms with Gasteiger partial charge in [-0.15, -0.1) is 0 Å². The molecule has 1 atom stereocenters. The Bertz CT molecular complexity index is 170. The summed E-state index contributed by atoms with van der Waals surface area (Å²) in [6.45, 7) is 3.08. The van der Waals surface area contributed by atoms with Crippen LogP contribution < -0.4 is 5.32 Å². The Morgan fingerprint density at radius 1 is 1.69 bits per heavy atom. The highest BCUT2D eigenvalue weighted by atomic mass is 32.2. The van der Waals surface area contributed by atoms with Gasteiger partial charge in [0.05, 0.1) is 12.6 Å². The zero-order chi connectivity index (χ0) is 9.52. The number of thioether (sulfide) groups is 1. The van der Waals surface area contributed by atoms with Gasteiger partial charge in [-0.25, -0.2) is 0 Å². The molecule has 1 N–H and O–H groups in total. The molecule has 0 aromatic heterocycles. The van der Waals surface area contributed by atoms with Crippen molar-refractivity contribution < 1.29 is 4.74 Å². The molecule has 1 unspecified atom stereocenters. The smallest absolute Gasteiger partial charge is 0.110 e. The number of hydrogen-bond acceptors (Lipinski definition) is 3. The first-order chi connectivity index (χ1) is 6.38. The van der Waals surface area contributed by atoms with Crippen LogP contribution in [0.2, 0.25) is 0 Å². The molecule has 1 heterocycles. The van der Waals surface area contributed by atoms with Gasteiger partial charge in [-0.1, -0.05) is 6.92 Å². The average Bonchev–Trinajstić information content (AvgIpc) is 2.65. The van der Waals surface area contributed by atoms with Crippen LogP contribution in [-0.4, -0.2) is 31.2 Å². The third-order valence-corrected chi connectivity index (χ3v) is 3.32. The van der Waals surface area contributed by atoms with Crippen molar-refractivity contribution >= 4 is 11.8 Å². The summed E-state index contributed by atoms with van der Waals surface area (Å²) in [6.07, 6.45) is 4.53. The van der Waals surface area contributed by atoms with Crippen LogP contribution >= 0.6 is 11.8 Å². The first kappa shape index (κ1) is 10.9. The van der Waals surface area contributed by atoms with Crippen molar-refractivity contribution in [3.05, 3.63) is 11.8 Å². The molecule has 0 bridgehead atoms. The molecule has 0 fully saturated rings. The Kier molecular flexibility index (Phi) is 5.32. The lowest BCUT2D eigenvalue weighted by Gasteiger charge is -2.16. The minimum absolute atomic E-state index is 0.416. The Morgan fingerprint density at radius 2 is 2.54 bits per heavy atom. The summed E-state index contributed by atoms with van der Waals surface area (Å²) >= 11 is 1.99. The van der Waals surface area contributed by atoms with E-state index in [9.17, 15) is 0 Å². The zero-order valence-corrected chi connectivity index (χ0v) is 9.32. The van der Waals surface area contributed by atoms with E-state index >= 15 is 0 Å². The lowest BCUT2D eigenvalue weighted by atomic mass is 10.2. The standard InChI is InChI=1S/C10H19NOS/c1-3-7-13-8-9(11-2)10-5-4-6-12-10/h5,9,11H,3-4,6-8H2,1-2H3. The lowest BCUT2D eigenvalue weighted by Crippen LogP contribution is -2.30. The molecule has 0 amide bonds. The molecule has 13 heavy (non-hydrogen) atoms. The quantitative estimate of drug-likeness (QED) is 0.664. The summed E-state index contributed by atoms with van der Waals surface area (Å²) in [7, 11) is 2.00. The second-order valence-electron chi connectivity index (χ2n) is 3.16. The van der Waals surface area contributed by atoms with Crippen LogP contribution in [0.4, 0.5) is 0 Å².